The Morgan fingerprint density at radius 3 is 2.70 bits per heavy atom. The largest absolute Gasteiger partial charge is 0.508 e. The molecule has 5 atom stereocenters. The summed E-state index contributed by atoms with van der Waals surface area (Å²) in [6, 6.07) is 6.66. The lowest BCUT2D eigenvalue weighted by Gasteiger charge is -2.59. The molecule has 3 aliphatic rings. The van der Waals surface area contributed by atoms with Gasteiger partial charge in [-0.15, -0.1) is 0 Å². The van der Waals surface area contributed by atoms with Gasteiger partial charge in [-0.2, -0.15) is 0 Å². The minimum absolute atomic E-state index is 0.0425. The van der Waals surface area contributed by atoms with Crippen molar-refractivity contribution in [3.05, 3.63) is 53.8 Å². The summed E-state index contributed by atoms with van der Waals surface area (Å²) >= 11 is 0. The third-order valence-electron chi connectivity index (χ3n) is 10.3. The number of aromatic hydroxyl groups is 1. The van der Waals surface area contributed by atoms with Gasteiger partial charge in [0.25, 0.3) is 0 Å². The molecule has 204 valence electrons. The number of fused-ring (bicyclic) bond motifs is 1. The standard InChI is InChI=1S/C32H49N3O2/c1-7-10-26-14-15-27(36)21-29(26)32-18-20-35(22-25-12-13-25)24(3)31(32,4)17-16-28(32)23(2)34(6)30(37)11-8-9-19-33-5/h8-9,11,14-15,19,21,23-25,28,33,36H,7,10,12-13,16-18,20,22H2,1-6H3/b11-8+,19-9-. The van der Waals surface area contributed by atoms with Crippen LogP contribution < -0.4 is 5.32 Å². The number of carbonyl (C=O) groups excluding carboxylic acids is 1. The summed E-state index contributed by atoms with van der Waals surface area (Å²) in [5, 5.41) is 13.7. The molecule has 1 aromatic rings. The predicted octanol–water partition coefficient (Wildman–Crippen LogP) is 5.64. The fourth-order valence-corrected chi connectivity index (χ4v) is 7.84. The van der Waals surface area contributed by atoms with E-state index in [1.165, 1.54) is 30.5 Å². The van der Waals surface area contributed by atoms with Crippen LogP contribution in [0, 0.1) is 17.3 Å². The van der Waals surface area contributed by atoms with E-state index in [0.29, 0.717) is 17.7 Å². The summed E-state index contributed by atoms with van der Waals surface area (Å²) < 4.78 is 0. The van der Waals surface area contributed by atoms with E-state index in [2.05, 4.69) is 50.0 Å². The van der Waals surface area contributed by atoms with E-state index < -0.39 is 0 Å². The Bertz CT molecular complexity index is 1020. The second-order valence-electron chi connectivity index (χ2n) is 12.2. The molecule has 0 spiro atoms. The van der Waals surface area contributed by atoms with E-state index in [1.54, 1.807) is 6.08 Å². The zero-order valence-electron chi connectivity index (χ0n) is 24.0. The lowest BCUT2D eigenvalue weighted by atomic mass is 9.51. The summed E-state index contributed by atoms with van der Waals surface area (Å²) in [5.41, 5.74) is 2.71. The molecule has 1 amide bonds. The van der Waals surface area contributed by atoms with Crippen LogP contribution in [-0.4, -0.2) is 60.1 Å². The molecule has 1 aliphatic heterocycles. The quantitative estimate of drug-likeness (QED) is 0.318. The average molecular weight is 508 g/mol. The van der Waals surface area contributed by atoms with Crippen molar-refractivity contribution < 1.29 is 9.90 Å². The first-order chi connectivity index (χ1) is 17.7. The van der Waals surface area contributed by atoms with Crippen molar-refractivity contribution in [2.75, 3.05) is 27.2 Å². The molecule has 0 bridgehead atoms. The molecule has 2 aliphatic carbocycles. The molecule has 1 saturated heterocycles. The number of piperidine rings is 1. The van der Waals surface area contributed by atoms with Crippen molar-refractivity contribution in [3.8, 4) is 5.75 Å². The van der Waals surface area contributed by atoms with Gasteiger partial charge in [-0.05, 0) is 112 Å². The molecule has 4 rings (SSSR count). The van der Waals surface area contributed by atoms with Gasteiger partial charge >= 0.3 is 0 Å². The van der Waals surface area contributed by atoms with Crippen LogP contribution in [0.1, 0.15) is 77.3 Å². The Labute approximate surface area is 225 Å². The molecular weight excluding hydrogens is 458 g/mol. The van der Waals surface area contributed by atoms with Crippen molar-refractivity contribution in [2.45, 2.75) is 90.1 Å². The van der Waals surface area contributed by atoms with Crippen LogP contribution in [0.15, 0.2) is 42.6 Å². The SMILES string of the molecule is CCCc1ccc(O)cc1C12CCN(CC3CC3)C(C)C1(C)CCC2C(C)N(C)C(=O)/C=C/C=C\NC. The molecule has 5 heteroatoms. The molecule has 2 saturated carbocycles. The first-order valence-electron chi connectivity index (χ1n) is 14.5. The third-order valence-corrected chi connectivity index (χ3v) is 10.3. The highest BCUT2D eigenvalue weighted by Crippen LogP contribution is 2.65. The molecule has 2 N–H and O–H groups in total. The monoisotopic (exact) mass is 507 g/mol. The number of nitrogens with one attached hydrogen (secondary N) is 1. The fourth-order valence-electron chi connectivity index (χ4n) is 7.84. The summed E-state index contributed by atoms with van der Waals surface area (Å²) in [6.07, 6.45) is 15.3. The second-order valence-corrected chi connectivity index (χ2v) is 12.2. The van der Waals surface area contributed by atoms with Gasteiger partial charge in [0.1, 0.15) is 5.75 Å². The topological polar surface area (TPSA) is 55.8 Å². The number of carbonyl (C=O) groups is 1. The van der Waals surface area contributed by atoms with Crippen molar-refractivity contribution in [1.29, 1.82) is 0 Å². The van der Waals surface area contributed by atoms with Crippen LogP contribution in [0.5, 0.6) is 5.75 Å². The molecule has 37 heavy (non-hydrogen) atoms. The van der Waals surface area contributed by atoms with Gasteiger partial charge in [0.15, 0.2) is 0 Å². The molecule has 0 radical (unpaired) electrons. The van der Waals surface area contributed by atoms with E-state index >= 15 is 0 Å². The van der Waals surface area contributed by atoms with Crippen molar-refractivity contribution in [2.24, 2.45) is 17.3 Å². The van der Waals surface area contributed by atoms with E-state index in [0.717, 1.165) is 44.6 Å². The number of phenols is 1. The first-order valence-corrected chi connectivity index (χ1v) is 14.5. The average Bonchev–Trinajstić information content (AvgIpc) is 3.65. The highest BCUT2D eigenvalue weighted by atomic mass is 16.3. The van der Waals surface area contributed by atoms with Crippen LogP contribution in [0.3, 0.4) is 0 Å². The molecule has 3 fully saturated rings. The smallest absolute Gasteiger partial charge is 0.246 e. The highest BCUT2D eigenvalue weighted by Gasteiger charge is 2.65. The van der Waals surface area contributed by atoms with Gasteiger partial charge in [0, 0.05) is 44.2 Å². The van der Waals surface area contributed by atoms with Crippen LogP contribution in [0.4, 0.5) is 0 Å². The fraction of sp³-hybridized carbons (Fsp3) is 0.656. The lowest BCUT2D eigenvalue weighted by Crippen LogP contribution is -2.63. The zero-order valence-corrected chi connectivity index (χ0v) is 24.0. The number of rotatable bonds is 10. The summed E-state index contributed by atoms with van der Waals surface area (Å²) in [7, 11) is 3.81. The van der Waals surface area contributed by atoms with Crippen molar-refractivity contribution >= 4 is 5.91 Å². The van der Waals surface area contributed by atoms with Crippen LogP contribution >= 0.6 is 0 Å². The van der Waals surface area contributed by atoms with Crippen LogP contribution in [-0.2, 0) is 16.6 Å². The lowest BCUT2D eigenvalue weighted by molar-refractivity contribution is -0.128. The first kappa shape index (κ1) is 27.8. The minimum atomic E-state index is -0.0839. The van der Waals surface area contributed by atoms with Crippen LogP contribution in [0.25, 0.3) is 0 Å². The van der Waals surface area contributed by atoms with E-state index in [9.17, 15) is 9.90 Å². The molecular formula is C32H49N3O2. The number of phenolic OH excluding ortho intramolecular Hbond substituents is 1. The normalized spacial score (nSPS) is 31.1. The Kier molecular flexibility index (Phi) is 8.42. The predicted molar refractivity (Wildman–Crippen MR) is 153 cm³/mol. The number of aryl methyl sites for hydroxylation is 1. The number of allylic oxidation sites excluding steroid dienone is 2. The molecule has 1 heterocycles. The maximum absolute atomic E-state index is 13.2. The molecule has 5 nitrogen and oxygen atoms in total. The maximum atomic E-state index is 13.2. The third kappa shape index (κ3) is 5.08. The van der Waals surface area contributed by atoms with E-state index in [-0.39, 0.29) is 22.8 Å². The van der Waals surface area contributed by atoms with Gasteiger partial charge < -0.3 is 15.3 Å². The summed E-state index contributed by atoms with van der Waals surface area (Å²) in [4.78, 5) is 17.9. The molecule has 5 unspecified atom stereocenters. The summed E-state index contributed by atoms with van der Waals surface area (Å²) in [5.74, 6) is 1.61. The van der Waals surface area contributed by atoms with Gasteiger partial charge in [0.05, 0.1) is 0 Å². The van der Waals surface area contributed by atoms with E-state index in [1.807, 2.05) is 43.4 Å². The van der Waals surface area contributed by atoms with Gasteiger partial charge in [-0.1, -0.05) is 32.4 Å². The van der Waals surface area contributed by atoms with Gasteiger partial charge in [0.2, 0.25) is 5.91 Å². The van der Waals surface area contributed by atoms with Gasteiger partial charge in [-0.3, -0.25) is 9.69 Å². The number of hydrogen-bond donors (Lipinski definition) is 2. The Morgan fingerprint density at radius 1 is 1.27 bits per heavy atom. The number of benzene rings is 1. The number of likely N-dealkylation sites (N-methyl/N-ethyl adjacent to an activating group) is 1. The maximum Gasteiger partial charge on any atom is 0.246 e. The Balaban J connectivity index is 1.76. The number of nitrogens with zero attached hydrogens (tertiary/aromatic N) is 2. The number of amides is 1. The zero-order chi connectivity index (χ0) is 26.8. The Hall–Kier alpha value is -2.27. The molecule has 1 aromatic carbocycles. The Morgan fingerprint density at radius 2 is 2.03 bits per heavy atom. The van der Waals surface area contributed by atoms with E-state index in [4.69, 9.17) is 0 Å². The number of likely N-dealkylation sites (tertiary alicyclic amines) is 1. The number of hydrogen-bond acceptors (Lipinski definition) is 4. The van der Waals surface area contributed by atoms with Crippen molar-refractivity contribution in [1.82, 2.24) is 15.1 Å². The van der Waals surface area contributed by atoms with Crippen LogP contribution in [0.2, 0.25) is 0 Å². The minimum Gasteiger partial charge on any atom is -0.508 e. The summed E-state index contributed by atoms with van der Waals surface area (Å²) in [6.45, 7) is 11.8. The second kappa shape index (κ2) is 11.2. The molecule has 0 aromatic heterocycles. The van der Waals surface area contributed by atoms with Crippen molar-refractivity contribution in [3.63, 3.8) is 0 Å². The highest BCUT2D eigenvalue weighted by molar-refractivity contribution is 5.87. The van der Waals surface area contributed by atoms with Gasteiger partial charge in [-0.25, -0.2) is 0 Å².